The molecular weight excluding hydrogens is 188 g/mol. The van der Waals surface area contributed by atoms with E-state index in [0.29, 0.717) is 6.54 Å². The molecule has 2 heterocycles. The summed E-state index contributed by atoms with van der Waals surface area (Å²) in [6, 6.07) is 8.09. The van der Waals surface area contributed by atoms with E-state index in [1.807, 2.05) is 24.4 Å². The first kappa shape index (κ1) is 8.95. The molecule has 0 amide bonds. The summed E-state index contributed by atoms with van der Waals surface area (Å²) < 4.78 is 0. The summed E-state index contributed by atoms with van der Waals surface area (Å²) >= 11 is 0. The number of benzene rings is 1. The molecule has 0 radical (unpaired) electrons. The summed E-state index contributed by atoms with van der Waals surface area (Å²) in [5.41, 5.74) is 1.41. The van der Waals surface area contributed by atoms with Gasteiger partial charge in [-0.1, -0.05) is 18.2 Å². The molecule has 1 unspecified atom stereocenters. The Morgan fingerprint density at radius 3 is 2.93 bits per heavy atom. The Bertz CT molecular complexity index is 483. The third-order valence-corrected chi connectivity index (χ3v) is 3.22. The zero-order valence-electron chi connectivity index (χ0n) is 8.46. The quantitative estimate of drug-likeness (QED) is 0.653. The molecule has 0 bridgehead atoms. The van der Waals surface area contributed by atoms with Crippen molar-refractivity contribution in [3.8, 4) is 0 Å². The van der Waals surface area contributed by atoms with Gasteiger partial charge in [0.15, 0.2) is 0 Å². The maximum Gasteiger partial charge on any atom is 0.105 e. The van der Waals surface area contributed by atoms with Crippen molar-refractivity contribution in [2.45, 2.75) is 12.0 Å². The number of para-hydroxylation sites is 1. The Morgan fingerprint density at radius 2 is 2.13 bits per heavy atom. The predicted octanol–water partition coefficient (Wildman–Crippen LogP) is 1.35. The van der Waals surface area contributed by atoms with Gasteiger partial charge in [-0.2, -0.15) is 0 Å². The minimum atomic E-state index is -0.695. The Hall–Kier alpha value is -1.32. The van der Waals surface area contributed by atoms with E-state index in [1.165, 1.54) is 0 Å². The van der Waals surface area contributed by atoms with Crippen LogP contribution in [0.3, 0.4) is 0 Å². The zero-order valence-corrected chi connectivity index (χ0v) is 8.46. The Kier molecular flexibility index (Phi) is 1.84. The number of aromatic amines is 1. The van der Waals surface area contributed by atoms with Crippen LogP contribution in [0, 0.1) is 0 Å². The lowest BCUT2D eigenvalue weighted by molar-refractivity contribution is 0.0603. The van der Waals surface area contributed by atoms with E-state index in [1.54, 1.807) is 0 Å². The second-order valence-electron chi connectivity index (χ2n) is 4.21. The number of β-amino-alcohol motifs (C(OH)–C–C–N with tert-alkyl or cyclic N) is 1. The molecule has 1 aromatic carbocycles. The lowest BCUT2D eigenvalue weighted by Crippen LogP contribution is -2.27. The van der Waals surface area contributed by atoms with E-state index in [2.05, 4.69) is 16.4 Å². The molecule has 3 nitrogen and oxygen atoms in total. The molecule has 1 fully saturated rings. The van der Waals surface area contributed by atoms with Crippen LogP contribution < -0.4 is 5.32 Å². The van der Waals surface area contributed by atoms with Crippen molar-refractivity contribution in [2.24, 2.45) is 0 Å². The first-order valence-electron chi connectivity index (χ1n) is 5.29. The van der Waals surface area contributed by atoms with Crippen molar-refractivity contribution in [2.75, 3.05) is 13.1 Å². The van der Waals surface area contributed by atoms with Gasteiger partial charge in [-0.15, -0.1) is 0 Å². The van der Waals surface area contributed by atoms with E-state index >= 15 is 0 Å². The fourth-order valence-electron chi connectivity index (χ4n) is 2.37. The highest BCUT2D eigenvalue weighted by molar-refractivity contribution is 5.84. The molecular formula is C12H14N2O. The molecule has 3 N–H and O–H groups in total. The zero-order chi connectivity index (χ0) is 10.3. The van der Waals surface area contributed by atoms with Crippen LogP contribution in [0.5, 0.6) is 0 Å². The highest BCUT2D eigenvalue weighted by Crippen LogP contribution is 2.32. The minimum absolute atomic E-state index is 0.648. The van der Waals surface area contributed by atoms with Gasteiger partial charge in [-0.05, 0) is 19.0 Å². The van der Waals surface area contributed by atoms with Crippen LogP contribution in [0.15, 0.2) is 30.5 Å². The lowest BCUT2D eigenvalue weighted by atomic mass is 9.93. The molecule has 0 spiro atoms. The third-order valence-electron chi connectivity index (χ3n) is 3.22. The average Bonchev–Trinajstić information content (AvgIpc) is 2.84. The van der Waals surface area contributed by atoms with Crippen LogP contribution in [-0.2, 0) is 5.60 Å². The summed E-state index contributed by atoms with van der Waals surface area (Å²) in [6.45, 7) is 1.53. The average molecular weight is 202 g/mol. The Balaban J connectivity index is 2.18. The van der Waals surface area contributed by atoms with Gasteiger partial charge in [0.2, 0.25) is 0 Å². The second-order valence-corrected chi connectivity index (χ2v) is 4.21. The number of rotatable bonds is 1. The number of hydrogen-bond acceptors (Lipinski definition) is 2. The fraction of sp³-hybridized carbons (Fsp3) is 0.333. The number of aliphatic hydroxyl groups is 1. The number of hydrogen-bond donors (Lipinski definition) is 3. The van der Waals surface area contributed by atoms with Gasteiger partial charge in [0.05, 0.1) is 0 Å². The van der Waals surface area contributed by atoms with E-state index in [0.717, 1.165) is 29.4 Å². The molecule has 1 aromatic heterocycles. The summed E-state index contributed by atoms with van der Waals surface area (Å²) in [4.78, 5) is 3.20. The van der Waals surface area contributed by atoms with Crippen LogP contribution >= 0.6 is 0 Å². The number of H-pyrrole nitrogens is 1. The van der Waals surface area contributed by atoms with E-state index in [4.69, 9.17) is 0 Å². The van der Waals surface area contributed by atoms with E-state index in [-0.39, 0.29) is 0 Å². The SMILES string of the molecule is OC1(c2c[nH]c3ccccc23)CCNC1. The topological polar surface area (TPSA) is 48.0 Å². The molecule has 15 heavy (non-hydrogen) atoms. The van der Waals surface area contributed by atoms with E-state index < -0.39 is 5.60 Å². The molecule has 0 aliphatic carbocycles. The van der Waals surface area contributed by atoms with Crippen LogP contribution in [0.1, 0.15) is 12.0 Å². The van der Waals surface area contributed by atoms with Gasteiger partial charge in [0, 0.05) is 29.2 Å². The third kappa shape index (κ3) is 1.28. The normalized spacial score (nSPS) is 26.2. The standard InChI is InChI=1S/C12H14N2O/c15-12(5-6-13-8-12)10-7-14-11-4-2-1-3-9(10)11/h1-4,7,13-15H,5-6,8H2. The summed E-state index contributed by atoms with van der Waals surface area (Å²) in [7, 11) is 0. The largest absolute Gasteiger partial charge is 0.384 e. The lowest BCUT2D eigenvalue weighted by Gasteiger charge is -2.20. The molecule has 1 aliphatic heterocycles. The van der Waals surface area contributed by atoms with Crippen molar-refractivity contribution in [3.05, 3.63) is 36.0 Å². The molecule has 1 atom stereocenters. The van der Waals surface area contributed by atoms with E-state index in [9.17, 15) is 5.11 Å². The molecule has 0 saturated carbocycles. The summed E-state index contributed by atoms with van der Waals surface area (Å²) in [5, 5.41) is 14.8. The molecule has 3 heteroatoms. The van der Waals surface area contributed by atoms with Crippen molar-refractivity contribution in [1.29, 1.82) is 0 Å². The fourth-order valence-corrected chi connectivity index (χ4v) is 2.37. The second kappa shape index (κ2) is 3.08. The minimum Gasteiger partial charge on any atom is -0.384 e. The van der Waals surface area contributed by atoms with Gasteiger partial charge in [-0.25, -0.2) is 0 Å². The van der Waals surface area contributed by atoms with Gasteiger partial charge in [0.25, 0.3) is 0 Å². The van der Waals surface area contributed by atoms with Crippen LogP contribution in [0.2, 0.25) is 0 Å². The van der Waals surface area contributed by atoms with Crippen molar-refractivity contribution < 1.29 is 5.11 Å². The first-order chi connectivity index (χ1) is 7.30. The molecule has 78 valence electrons. The predicted molar refractivity (Wildman–Crippen MR) is 59.7 cm³/mol. The highest BCUT2D eigenvalue weighted by atomic mass is 16.3. The van der Waals surface area contributed by atoms with Gasteiger partial charge in [0.1, 0.15) is 5.60 Å². The van der Waals surface area contributed by atoms with Crippen LogP contribution in [0.25, 0.3) is 10.9 Å². The van der Waals surface area contributed by atoms with Crippen LogP contribution in [0.4, 0.5) is 0 Å². The number of aromatic nitrogens is 1. The molecule has 3 rings (SSSR count). The number of fused-ring (bicyclic) bond motifs is 1. The first-order valence-corrected chi connectivity index (χ1v) is 5.29. The smallest absolute Gasteiger partial charge is 0.105 e. The van der Waals surface area contributed by atoms with Crippen LogP contribution in [-0.4, -0.2) is 23.2 Å². The summed E-state index contributed by atoms with van der Waals surface area (Å²) in [6.07, 6.45) is 2.71. The molecule has 2 aromatic rings. The number of nitrogens with one attached hydrogen (secondary N) is 2. The van der Waals surface area contributed by atoms with Crippen molar-refractivity contribution >= 4 is 10.9 Å². The maximum absolute atomic E-state index is 10.5. The Labute approximate surface area is 88.1 Å². The highest BCUT2D eigenvalue weighted by Gasteiger charge is 2.34. The van der Waals surface area contributed by atoms with Crippen molar-refractivity contribution in [3.63, 3.8) is 0 Å². The van der Waals surface area contributed by atoms with Crippen molar-refractivity contribution in [1.82, 2.24) is 10.3 Å². The van der Waals surface area contributed by atoms with Gasteiger partial charge >= 0.3 is 0 Å². The Morgan fingerprint density at radius 1 is 1.27 bits per heavy atom. The van der Waals surface area contributed by atoms with Gasteiger partial charge < -0.3 is 15.4 Å². The molecule has 1 saturated heterocycles. The summed E-state index contributed by atoms with van der Waals surface area (Å²) in [5.74, 6) is 0. The van der Waals surface area contributed by atoms with Gasteiger partial charge in [-0.3, -0.25) is 0 Å². The molecule has 1 aliphatic rings. The monoisotopic (exact) mass is 202 g/mol. The maximum atomic E-state index is 10.5.